The summed E-state index contributed by atoms with van der Waals surface area (Å²) in [5, 5.41) is 6.87. The molecule has 1 amide bonds. The standard InChI is InChI=1S/C19H31N5O2/c1-13(2)24-10-14(3)17(11-24)23-19(21-4)22-9-15-6-5-7-16(8-15)26-12-18(20)25/h5-8,13-14,17H,9-12H2,1-4H3,(H2,20,25)(H2,21,22,23). The van der Waals surface area contributed by atoms with Gasteiger partial charge in [0.15, 0.2) is 12.6 Å². The maximum absolute atomic E-state index is 10.8. The van der Waals surface area contributed by atoms with E-state index in [1.165, 1.54) is 0 Å². The monoisotopic (exact) mass is 361 g/mol. The second-order valence-corrected chi connectivity index (χ2v) is 7.10. The van der Waals surface area contributed by atoms with Gasteiger partial charge in [-0.25, -0.2) is 0 Å². The smallest absolute Gasteiger partial charge is 0.255 e. The fraction of sp³-hybridized carbons (Fsp3) is 0.579. The lowest BCUT2D eigenvalue weighted by atomic mass is 10.1. The topological polar surface area (TPSA) is 92.0 Å². The van der Waals surface area contributed by atoms with Crippen LogP contribution in [0.3, 0.4) is 0 Å². The third-order valence-electron chi connectivity index (χ3n) is 4.66. The Morgan fingerprint density at radius 2 is 2.19 bits per heavy atom. The Morgan fingerprint density at radius 1 is 1.42 bits per heavy atom. The number of hydrogen-bond donors (Lipinski definition) is 3. The van der Waals surface area contributed by atoms with E-state index in [2.05, 4.69) is 41.3 Å². The molecule has 4 N–H and O–H groups in total. The lowest BCUT2D eigenvalue weighted by molar-refractivity contribution is -0.119. The number of guanidine groups is 1. The van der Waals surface area contributed by atoms with Gasteiger partial charge in [-0.05, 0) is 37.5 Å². The minimum atomic E-state index is -0.487. The van der Waals surface area contributed by atoms with E-state index in [4.69, 9.17) is 10.5 Å². The molecule has 0 spiro atoms. The summed E-state index contributed by atoms with van der Waals surface area (Å²) in [5.74, 6) is 1.50. The average molecular weight is 361 g/mol. The molecule has 0 aromatic heterocycles. The average Bonchev–Trinajstić information content (AvgIpc) is 2.98. The lowest BCUT2D eigenvalue weighted by Gasteiger charge is -2.22. The van der Waals surface area contributed by atoms with Crippen LogP contribution >= 0.6 is 0 Å². The summed E-state index contributed by atoms with van der Waals surface area (Å²) in [5.41, 5.74) is 6.15. The summed E-state index contributed by atoms with van der Waals surface area (Å²) in [4.78, 5) is 17.6. The molecule has 7 heteroatoms. The summed E-state index contributed by atoms with van der Waals surface area (Å²) in [6, 6.07) is 8.53. The number of nitrogens with two attached hydrogens (primary N) is 1. The number of nitrogens with zero attached hydrogens (tertiary/aromatic N) is 2. The molecule has 1 fully saturated rings. The van der Waals surface area contributed by atoms with E-state index >= 15 is 0 Å². The fourth-order valence-electron chi connectivity index (χ4n) is 3.07. The van der Waals surface area contributed by atoms with E-state index in [0.29, 0.717) is 30.3 Å². The number of ether oxygens (including phenoxy) is 1. The molecule has 1 aliphatic rings. The summed E-state index contributed by atoms with van der Waals surface area (Å²) in [6.07, 6.45) is 0. The molecule has 144 valence electrons. The van der Waals surface area contributed by atoms with E-state index in [0.717, 1.165) is 24.6 Å². The normalized spacial score (nSPS) is 21.0. The molecule has 2 rings (SSSR count). The number of rotatable bonds is 7. The van der Waals surface area contributed by atoms with Gasteiger partial charge in [0.05, 0.1) is 0 Å². The summed E-state index contributed by atoms with van der Waals surface area (Å²) in [7, 11) is 1.78. The second kappa shape index (κ2) is 9.43. The Morgan fingerprint density at radius 3 is 2.81 bits per heavy atom. The molecule has 2 atom stereocenters. The molecule has 1 heterocycles. The molecular formula is C19H31N5O2. The molecule has 2 unspecified atom stereocenters. The van der Waals surface area contributed by atoms with Crippen molar-refractivity contribution in [3.05, 3.63) is 29.8 Å². The molecule has 1 aromatic carbocycles. The van der Waals surface area contributed by atoms with Crippen LogP contribution in [0.1, 0.15) is 26.3 Å². The molecule has 0 saturated carbocycles. The molecule has 0 radical (unpaired) electrons. The van der Waals surface area contributed by atoms with Crippen molar-refractivity contribution in [1.29, 1.82) is 0 Å². The second-order valence-electron chi connectivity index (χ2n) is 7.10. The van der Waals surface area contributed by atoms with Gasteiger partial charge < -0.3 is 21.1 Å². The third-order valence-corrected chi connectivity index (χ3v) is 4.66. The number of carbonyl (C=O) groups excluding carboxylic acids is 1. The number of carbonyl (C=O) groups is 1. The van der Waals surface area contributed by atoms with Gasteiger partial charge in [0.2, 0.25) is 0 Å². The van der Waals surface area contributed by atoms with Crippen LogP contribution in [0.4, 0.5) is 0 Å². The fourth-order valence-corrected chi connectivity index (χ4v) is 3.07. The number of hydrogen-bond acceptors (Lipinski definition) is 4. The van der Waals surface area contributed by atoms with Crippen LogP contribution in [0.5, 0.6) is 5.75 Å². The van der Waals surface area contributed by atoms with Crippen molar-refractivity contribution in [2.24, 2.45) is 16.6 Å². The van der Waals surface area contributed by atoms with Gasteiger partial charge in [-0.2, -0.15) is 0 Å². The Labute approximate surface area is 156 Å². The lowest BCUT2D eigenvalue weighted by Crippen LogP contribution is -2.46. The molecular weight excluding hydrogens is 330 g/mol. The first-order valence-corrected chi connectivity index (χ1v) is 9.10. The van der Waals surface area contributed by atoms with Crippen LogP contribution < -0.4 is 21.1 Å². The molecule has 1 aromatic rings. The van der Waals surface area contributed by atoms with Crippen molar-refractivity contribution in [1.82, 2.24) is 15.5 Å². The Hall–Kier alpha value is -2.28. The van der Waals surface area contributed by atoms with Crippen molar-refractivity contribution in [3.63, 3.8) is 0 Å². The molecule has 7 nitrogen and oxygen atoms in total. The van der Waals surface area contributed by atoms with Crippen LogP contribution in [0.15, 0.2) is 29.3 Å². The Bertz CT molecular complexity index is 632. The quantitative estimate of drug-likeness (QED) is 0.497. The zero-order chi connectivity index (χ0) is 19.1. The number of likely N-dealkylation sites (tertiary alicyclic amines) is 1. The highest BCUT2D eigenvalue weighted by atomic mass is 16.5. The maximum Gasteiger partial charge on any atom is 0.255 e. The van der Waals surface area contributed by atoms with Crippen molar-refractivity contribution in [2.75, 3.05) is 26.7 Å². The zero-order valence-corrected chi connectivity index (χ0v) is 16.2. The largest absolute Gasteiger partial charge is 0.484 e. The number of benzene rings is 1. The van der Waals surface area contributed by atoms with Gasteiger partial charge in [0.1, 0.15) is 5.75 Å². The Balaban J connectivity index is 1.87. The van der Waals surface area contributed by atoms with Crippen molar-refractivity contribution in [2.45, 2.75) is 39.4 Å². The zero-order valence-electron chi connectivity index (χ0n) is 16.2. The summed E-state index contributed by atoms with van der Waals surface area (Å²) >= 11 is 0. The predicted molar refractivity (Wildman–Crippen MR) is 104 cm³/mol. The first kappa shape index (κ1) is 20.0. The molecule has 0 bridgehead atoms. The first-order chi connectivity index (χ1) is 12.4. The molecule has 1 saturated heterocycles. The van der Waals surface area contributed by atoms with Crippen LogP contribution in [0, 0.1) is 5.92 Å². The van der Waals surface area contributed by atoms with Gasteiger partial charge in [-0.15, -0.1) is 0 Å². The molecule has 26 heavy (non-hydrogen) atoms. The number of aliphatic imine (C=N–C) groups is 1. The highest BCUT2D eigenvalue weighted by Crippen LogP contribution is 2.18. The van der Waals surface area contributed by atoms with Gasteiger partial charge in [-0.3, -0.25) is 14.7 Å². The number of primary amides is 1. The number of amides is 1. The van der Waals surface area contributed by atoms with E-state index in [1.807, 2.05) is 18.2 Å². The van der Waals surface area contributed by atoms with Crippen LogP contribution in [-0.2, 0) is 11.3 Å². The highest BCUT2D eigenvalue weighted by molar-refractivity contribution is 5.80. The van der Waals surface area contributed by atoms with Gasteiger partial charge in [0.25, 0.3) is 5.91 Å². The minimum Gasteiger partial charge on any atom is -0.484 e. The summed E-state index contributed by atoms with van der Waals surface area (Å²) < 4.78 is 5.34. The number of nitrogens with one attached hydrogen (secondary N) is 2. The van der Waals surface area contributed by atoms with Gasteiger partial charge in [-0.1, -0.05) is 19.1 Å². The Kier molecular flexibility index (Phi) is 7.26. The van der Waals surface area contributed by atoms with E-state index in [-0.39, 0.29) is 6.61 Å². The van der Waals surface area contributed by atoms with Crippen LogP contribution in [0.2, 0.25) is 0 Å². The first-order valence-electron chi connectivity index (χ1n) is 9.10. The van der Waals surface area contributed by atoms with Crippen LogP contribution in [0.25, 0.3) is 0 Å². The minimum absolute atomic E-state index is 0.119. The van der Waals surface area contributed by atoms with Crippen molar-refractivity contribution < 1.29 is 9.53 Å². The highest BCUT2D eigenvalue weighted by Gasteiger charge is 2.31. The summed E-state index contributed by atoms with van der Waals surface area (Å²) in [6.45, 7) is 9.35. The SMILES string of the molecule is CN=C(NCc1cccc(OCC(N)=O)c1)NC1CN(C(C)C)CC1C. The van der Waals surface area contributed by atoms with E-state index in [1.54, 1.807) is 13.1 Å². The van der Waals surface area contributed by atoms with Gasteiger partial charge in [0, 0.05) is 38.8 Å². The van der Waals surface area contributed by atoms with Crippen LogP contribution in [-0.4, -0.2) is 55.6 Å². The maximum atomic E-state index is 10.8. The molecule has 0 aliphatic carbocycles. The van der Waals surface area contributed by atoms with Gasteiger partial charge >= 0.3 is 0 Å². The van der Waals surface area contributed by atoms with Crippen molar-refractivity contribution >= 4 is 11.9 Å². The van der Waals surface area contributed by atoms with E-state index in [9.17, 15) is 4.79 Å². The van der Waals surface area contributed by atoms with E-state index < -0.39 is 5.91 Å². The van der Waals surface area contributed by atoms with Crippen molar-refractivity contribution in [3.8, 4) is 5.75 Å². The predicted octanol–water partition coefficient (Wildman–Crippen LogP) is 0.944. The third kappa shape index (κ3) is 5.91. The molecule has 1 aliphatic heterocycles.